The lowest BCUT2D eigenvalue weighted by Crippen LogP contribution is -2.14. The van der Waals surface area contributed by atoms with Gasteiger partial charge < -0.3 is 20.1 Å². The van der Waals surface area contributed by atoms with Crippen molar-refractivity contribution < 1.29 is 14.3 Å². The third kappa shape index (κ3) is 5.27. The fourth-order valence-electron chi connectivity index (χ4n) is 2.85. The molecule has 0 radical (unpaired) electrons. The Bertz CT molecular complexity index is 909. The zero-order chi connectivity index (χ0) is 19.8. The van der Waals surface area contributed by atoms with Crippen LogP contribution < -0.4 is 20.1 Å². The first kappa shape index (κ1) is 19.3. The highest BCUT2D eigenvalue weighted by molar-refractivity contribution is 5.92. The molecule has 5 nitrogen and oxygen atoms in total. The highest BCUT2D eigenvalue weighted by atomic mass is 16.5. The smallest absolute Gasteiger partial charge is 0.228 e. The fraction of sp³-hybridized carbons (Fsp3) is 0.174. The normalized spacial score (nSPS) is 10.2. The standard InChI is InChI=1S/C23H24N2O3/c1-27-21-13-8-18(14-22(21)28-2)15-23(26)25-20-11-9-19(10-12-20)24-16-17-6-4-3-5-7-17/h3-14,24H,15-16H2,1-2H3,(H,25,26). The number of hydrogen-bond acceptors (Lipinski definition) is 4. The van der Waals surface area contributed by atoms with Gasteiger partial charge in [0.25, 0.3) is 0 Å². The summed E-state index contributed by atoms with van der Waals surface area (Å²) in [6.07, 6.45) is 0.258. The number of anilines is 2. The van der Waals surface area contributed by atoms with Crippen LogP contribution in [0.5, 0.6) is 11.5 Å². The van der Waals surface area contributed by atoms with Crippen molar-refractivity contribution in [2.45, 2.75) is 13.0 Å². The Morgan fingerprint density at radius 2 is 1.46 bits per heavy atom. The van der Waals surface area contributed by atoms with Crippen LogP contribution >= 0.6 is 0 Å². The van der Waals surface area contributed by atoms with E-state index in [1.807, 2.05) is 54.6 Å². The summed E-state index contributed by atoms with van der Waals surface area (Å²) in [5, 5.41) is 6.29. The molecule has 0 spiro atoms. The molecule has 28 heavy (non-hydrogen) atoms. The Labute approximate surface area is 165 Å². The van der Waals surface area contributed by atoms with Gasteiger partial charge in [-0.05, 0) is 47.5 Å². The lowest BCUT2D eigenvalue weighted by Gasteiger charge is -2.11. The Morgan fingerprint density at radius 1 is 0.786 bits per heavy atom. The van der Waals surface area contributed by atoms with Crippen molar-refractivity contribution >= 4 is 17.3 Å². The molecule has 2 N–H and O–H groups in total. The van der Waals surface area contributed by atoms with Crippen molar-refractivity contribution in [2.24, 2.45) is 0 Å². The molecule has 0 saturated heterocycles. The average molecular weight is 376 g/mol. The molecule has 0 bridgehead atoms. The Morgan fingerprint density at radius 3 is 2.14 bits per heavy atom. The summed E-state index contributed by atoms with van der Waals surface area (Å²) < 4.78 is 10.5. The van der Waals surface area contributed by atoms with Crippen LogP contribution in [-0.2, 0) is 17.8 Å². The van der Waals surface area contributed by atoms with E-state index in [2.05, 4.69) is 22.8 Å². The minimum Gasteiger partial charge on any atom is -0.493 e. The predicted octanol–water partition coefficient (Wildman–Crippen LogP) is 4.50. The van der Waals surface area contributed by atoms with E-state index >= 15 is 0 Å². The van der Waals surface area contributed by atoms with Crippen molar-refractivity contribution in [1.82, 2.24) is 0 Å². The summed E-state index contributed by atoms with van der Waals surface area (Å²) in [6, 6.07) is 23.4. The molecule has 3 aromatic carbocycles. The zero-order valence-electron chi connectivity index (χ0n) is 16.1. The van der Waals surface area contributed by atoms with Gasteiger partial charge in [-0.2, -0.15) is 0 Å². The molecule has 0 fully saturated rings. The van der Waals surface area contributed by atoms with Gasteiger partial charge in [-0.25, -0.2) is 0 Å². The fourth-order valence-corrected chi connectivity index (χ4v) is 2.85. The van der Waals surface area contributed by atoms with Gasteiger partial charge in [0.2, 0.25) is 5.91 Å². The van der Waals surface area contributed by atoms with Gasteiger partial charge in [0, 0.05) is 17.9 Å². The van der Waals surface area contributed by atoms with Gasteiger partial charge in [0.1, 0.15) is 0 Å². The number of nitrogens with one attached hydrogen (secondary N) is 2. The van der Waals surface area contributed by atoms with Crippen LogP contribution in [0, 0.1) is 0 Å². The number of hydrogen-bond donors (Lipinski definition) is 2. The topological polar surface area (TPSA) is 59.6 Å². The van der Waals surface area contributed by atoms with E-state index in [1.54, 1.807) is 20.3 Å². The van der Waals surface area contributed by atoms with Gasteiger partial charge >= 0.3 is 0 Å². The van der Waals surface area contributed by atoms with Gasteiger partial charge in [0.05, 0.1) is 20.6 Å². The number of amides is 1. The number of ether oxygens (including phenoxy) is 2. The second-order valence-electron chi connectivity index (χ2n) is 6.33. The minimum atomic E-state index is -0.0859. The van der Waals surface area contributed by atoms with Gasteiger partial charge in [-0.1, -0.05) is 36.4 Å². The number of rotatable bonds is 8. The first-order valence-corrected chi connectivity index (χ1v) is 9.06. The van der Waals surface area contributed by atoms with Crippen molar-refractivity contribution in [3.05, 3.63) is 83.9 Å². The predicted molar refractivity (Wildman–Crippen MR) is 112 cm³/mol. The Balaban J connectivity index is 1.54. The zero-order valence-corrected chi connectivity index (χ0v) is 16.1. The maximum atomic E-state index is 12.3. The van der Waals surface area contributed by atoms with Crippen molar-refractivity contribution in [1.29, 1.82) is 0 Å². The van der Waals surface area contributed by atoms with Crippen LogP contribution in [0.15, 0.2) is 72.8 Å². The Kier molecular flexibility index (Phi) is 6.52. The summed E-state index contributed by atoms with van der Waals surface area (Å²) in [7, 11) is 3.16. The van der Waals surface area contributed by atoms with Gasteiger partial charge in [0.15, 0.2) is 11.5 Å². The number of methoxy groups -OCH3 is 2. The molecule has 0 aromatic heterocycles. The average Bonchev–Trinajstić information content (AvgIpc) is 2.74. The molecule has 1 amide bonds. The highest BCUT2D eigenvalue weighted by Gasteiger charge is 2.09. The monoisotopic (exact) mass is 376 g/mol. The second kappa shape index (κ2) is 9.46. The van der Waals surface area contributed by atoms with Crippen LogP contribution in [0.25, 0.3) is 0 Å². The summed E-state index contributed by atoms with van der Waals surface area (Å²) >= 11 is 0. The van der Waals surface area contributed by atoms with Crippen LogP contribution in [0.1, 0.15) is 11.1 Å². The van der Waals surface area contributed by atoms with Crippen LogP contribution in [0.3, 0.4) is 0 Å². The lowest BCUT2D eigenvalue weighted by atomic mass is 10.1. The molecular formula is C23H24N2O3. The van der Waals surface area contributed by atoms with E-state index in [9.17, 15) is 4.79 Å². The first-order chi connectivity index (χ1) is 13.7. The van der Waals surface area contributed by atoms with Gasteiger partial charge in [-0.15, -0.1) is 0 Å². The molecule has 144 valence electrons. The molecule has 0 unspecified atom stereocenters. The summed E-state index contributed by atoms with van der Waals surface area (Å²) in [5.74, 6) is 1.17. The quantitative estimate of drug-likeness (QED) is 0.608. The maximum absolute atomic E-state index is 12.3. The van der Waals surface area contributed by atoms with Crippen molar-refractivity contribution in [2.75, 3.05) is 24.9 Å². The largest absolute Gasteiger partial charge is 0.493 e. The number of carbonyl (C=O) groups is 1. The van der Waals surface area contributed by atoms with E-state index in [0.717, 1.165) is 23.5 Å². The molecule has 5 heteroatoms. The molecule has 3 rings (SSSR count). The van der Waals surface area contributed by atoms with Crippen molar-refractivity contribution in [3.8, 4) is 11.5 Å². The van der Waals surface area contributed by atoms with E-state index in [4.69, 9.17) is 9.47 Å². The molecule has 0 saturated carbocycles. The molecule has 3 aromatic rings. The summed E-state index contributed by atoms with van der Waals surface area (Å²) in [4.78, 5) is 12.3. The summed E-state index contributed by atoms with van der Waals surface area (Å²) in [5.41, 5.74) is 3.84. The van der Waals surface area contributed by atoms with Gasteiger partial charge in [-0.3, -0.25) is 4.79 Å². The third-order valence-corrected chi connectivity index (χ3v) is 4.32. The number of carbonyl (C=O) groups excluding carboxylic acids is 1. The molecule has 0 aliphatic rings. The van der Waals surface area contributed by atoms with Crippen LogP contribution in [-0.4, -0.2) is 20.1 Å². The molecule has 0 aliphatic heterocycles. The molecular weight excluding hydrogens is 352 g/mol. The summed E-state index contributed by atoms with van der Waals surface area (Å²) in [6.45, 7) is 0.756. The van der Waals surface area contributed by atoms with Crippen LogP contribution in [0.4, 0.5) is 11.4 Å². The number of benzene rings is 3. The van der Waals surface area contributed by atoms with E-state index in [-0.39, 0.29) is 12.3 Å². The third-order valence-electron chi connectivity index (χ3n) is 4.32. The highest BCUT2D eigenvalue weighted by Crippen LogP contribution is 2.27. The lowest BCUT2D eigenvalue weighted by molar-refractivity contribution is -0.115. The maximum Gasteiger partial charge on any atom is 0.228 e. The van der Waals surface area contributed by atoms with E-state index in [0.29, 0.717) is 11.5 Å². The minimum absolute atomic E-state index is 0.0859. The molecule has 0 aliphatic carbocycles. The SMILES string of the molecule is COc1ccc(CC(=O)Nc2ccc(NCc3ccccc3)cc2)cc1OC. The van der Waals surface area contributed by atoms with Crippen molar-refractivity contribution in [3.63, 3.8) is 0 Å². The van der Waals surface area contributed by atoms with Crippen LogP contribution in [0.2, 0.25) is 0 Å². The second-order valence-corrected chi connectivity index (χ2v) is 6.33. The Hall–Kier alpha value is -3.47. The molecule has 0 heterocycles. The molecule has 0 atom stereocenters. The first-order valence-electron chi connectivity index (χ1n) is 9.06. The van der Waals surface area contributed by atoms with E-state index < -0.39 is 0 Å². The van der Waals surface area contributed by atoms with E-state index in [1.165, 1.54) is 5.56 Å².